The van der Waals surface area contributed by atoms with Crippen LogP contribution >= 0.6 is 0 Å². The highest BCUT2D eigenvalue weighted by Crippen LogP contribution is 2.40. The van der Waals surface area contributed by atoms with Gasteiger partial charge in [0.05, 0.1) is 0 Å². The summed E-state index contributed by atoms with van der Waals surface area (Å²) in [6, 6.07) is 16.0. The molecule has 0 radical (unpaired) electrons. The molecule has 1 aliphatic rings. The third-order valence-electron chi connectivity index (χ3n) is 7.13. The first kappa shape index (κ1) is 23.8. The molecule has 0 unspecified atom stereocenters. The van der Waals surface area contributed by atoms with Gasteiger partial charge in [-0.05, 0) is 47.6 Å². The predicted octanol–water partition coefficient (Wildman–Crippen LogP) is 3.54. The lowest BCUT2D eigenvalue weighted by Crippen LogP contribution is -2.49. The minimum atomic E-state index is -0.988. The third kappa shape index (κ3) is 5.49. The van der Waals surface area contributed by atoms with E-state index in [1.807, 2.05) is 42.5 Å². The van der Waals surface area contributed by atoms with Crippen LogP contribution in [0.15, 0.2) is 54.6 Å². The van der Waals surface area contributed by atoms with Crippen LogP contribution in [0.1, 0.15) is 37.8 Å². The number of carbonyl (C=O) groups is 2. The van der Waals surface area contributed by atoms with Crippen molar-refractivity contribution in [3.63, 3.8) is 0 Å². The Hall–Kier alpha value is -2.86. The summed E-state index contributed by atoms with van der Waals surface area (Å²) in [5.41, 5.74) is 2.02. The van der Waals surface area contributed by atoms with Gasteiger partial charge in [-0.15, -0.1) is 0 Å². The average molecular weight is 439 g/mol. The van der Waals surface area contributed by atoms with E-state index in [9.17, 15) is 19.8 Å². The van der Waals surface area contributed by atoms with Gasteiger partial charge in [0.2, 0.25) is 5.91 Å². The Bertz CT molecular complexity index is 932. The zero-order valence-corrected chi connectivity index (χ0v) is 19.2. The number of piperidine rings is 1. The normalized spacial score (nSPS) is 22.3. The van der Waals surface area contributed by atoms with Crippen molar-refractivity contribution in [1.82, 2.24) is 9.80 Å². The van der Waals surface area contributed by atoms with Gasteiger partial charge in [0.1, 0.15) is 11.8 Å². The minimum Gasteiger partial charge on any atom is -0.508 e. The quantitative estimate of drug-likeness (QED) is 0.659. The van der Waals surface area contributed by atoms with Gasteiger partial charge in [-0.25, -0.2) is 4.79 Å². The Morgan fingerprint density at radius 3 is 2.53 bits per heavy atom. The Balaban J connectivity index is 1.56. The number of carboxylic acids is 1. The number of hydrogen-bond acceptors (Lipinski definition) is 4. The van der Waals surface area contributed by atoms with Gasteiger partial charge in [-0.1, -0.05) is 56.3 Å². The first-order valence-electron chi connectivity index (χ1n) is 11.2. The van der Waals surface area contributed by atoms with E-state index in [1.54, 1.807) is 13.1 Å². The fourth-order valence-corrected chi connectivity index (χ4v) is 4.64. The van der Waals surface area contributed by atoms with Gasteiger partial charge in [0.25, 0.3) is 0 Å². The highest BCUT2D eigenvalue weighted by Gasteiger charge is 2.38. The number of phenolic OH excluding ortho intramolecular Hbond substituents is 1. The van der Waals surface area contributed by atoms with Crippen molar-refractivity contribution in [2.45, 2.75) is 44.6 Å². The van der Waals surface area contributed by atoms with Gasteiger partial charge in [-0.2, -0.15) is 0 Å². The van der Waals surface area contributed by atoms with E-state index in [1.165, 1.54) is 4.90 Å². The standard InChI is InChI=1S/C26H34N2O4/c1-19-18-28(15-13-26(19,2)21-10-7-11-22(29)17-21)14-12-24(30)27(3)23(25(31)32)16-20-8-5-4-6-9-20/h4-11,17,19,23,29H,12-16,18H2,1-3H3,(H,31,32)/t19-,23-,26+/m0/s1. The second kappa shape index (κ2) is 10.2. The van der Waals surface area contributed by atoms with Crippen LogP contribution in [0.5, 0.6) is 5.75 Å². The second-order valence-corrected chi connectivity index (χ2v) is 9.22. The number of likely N-dealkylation sites (tertiary alicyclic amines) is 1. The molecule has 6 nitrogen and oxygen atoms in total. The summed E-state index contributed by atoms with van der Waals surface area (Å²) in [6.07, 6.45) is 1.53. The summed E-state index contributed by atoms with van der Waals surface area (Å²) in [5, 5.41) is 19.5. The predicted molar refractivity (Wildman–Crippen MR) is 125 cm³/mol. The van der Waals surface area contributed by atoms with E-state index in [-0.39, 0.29) is 17.1 Å². The number of aliphatic carboxylic acids is 1. The fourth-order valence-electron chi connectivity index (χ4n) is 4.64. The first-order chi connectivity index (χ1) is 15.2. The van der Waals surface area contributed by atoms with Gasteiger partial charge in [0.15, 0.2) is 0 Å². The molecule has 32 heavy (non-hydrogen) atoms. The van der Waals surface area contributed by atoms with E-state index in [2.05, 4.69) is 24.8 Å². The summed E-state index contributed by atoms with van der Waals surface area (Å²) >= 11 is 0. The maximum absolute atomic E-state index is 12.8. The van der Waals surface area contributed by atoms with E-state index in [0.717, 1.165) is 30.6 Å². The van der Waals surface area contributed by atoms with Crippen molar-refractivity contribution in [3.05, 3.63) is 65.7 Å². The number of nitrogens with zero attached hydrogens (tertiary/aromatic N) is 2. The molecule has 0 spiro atoms. The lowest BCUT2D eigenvalue weighted by Gasteiger charge is -2.45. The van der Waals surface area contributed by atoms with Gasteiger partial charge in [-0.3, -0.25) is 4.79 Å². The molecule has 3 atom stereocenters. The number of phenols is 1. The van der Waals surface area contributed by atoms with Crippen molar-refractivity contribution in [2.24, 2.45) is 5.92 Å². The largest absolute Gasteiger partial charge is 0.508 e. The number of amides is 1. The van der Waals surface area contributed by atoms with Crippen molar-refractivity contribution in [2.75, 3.05) is 26.7 Å². The number of hydrogen-bond donors (Lipinski definition) is 2. The molecule has 0 bridgehead atoms. The molecule has 3 rings (SSSR count). The topological polar surface area (TPSA) is 81.1 Å². The van der Waals surface area contributed by atoms with Gasteiger partial charge < -0.3 is 20.0 Å². The highest BCUT2D eigenvalue weighted by atomic mass is 16.4. The molecule has 1 fully saturated rings. The van der Waals surface area contributed by atoms with Gasteiger partial charge in [0, 0.05) is 33.0 Å². The van der Waals surface area contributed by atoms with E-state index in [0.29, 0.717) is 25.3 Å². The van der Waals surface area contributed by atoms with Crippen LogP contribution in [-0.4, -0.2) is 64.6 Å². The minimum absolute atomic E-state index is 0.0277. The lowest BCUT2D eigenvalue weighted by atomic mass is 9.68. The van der Waals surface area contributed by atoms with Gasteiger partial charge >= 0.3 is 5.97 Å². The Labute approximate surface area is 190 Å². The summed E-state index contributed by atoms with van der Waals surface area (Å²) in [5.74, 6) is -0.494. The number of aromatic hydroxyl groups is 1. The Morgan fingerprint density at radius 1 is 1.19 bits per heavy atom. The number of rotatable bonds is 8. The smallest absolute Gasteiger partial charge is 0.326 e. The third-order valence-corrected chi connectivity index (χ3v) is 7.13. The monoisotopic (exact) mass is 438 g/mol. The molecule has 0 aliphatic carbocycles. The van der Waals surface area contributed by atoms with Crippen LogP contribution in [-0.2, 0) is 21.4 Å². The summed E-state index contributed by atoms with van der Waals surface area (Å²) in [7, 11) is 1.59. The number of carboxylic acid groups (broad SMARTS) is 1. The Kier molecular flexibility index (Phi) is 7.56. The van der Waals surface area contributed by atoms with Crippen molar-refractivity contribution < 1.29 is 19.8 Å². The van der Waals surface area contributed by atoms with E-state index in [4.69, 9.17) is 0 Å². The molecule has 2 N–H and O–H groups in total. The van der Waals surface area contributed by atoms with Crippen LogP contribution in [0.3, 0.4) is 0 Å². The SMILES string of the molecule is C[C@H]1CN(CCC(=O)N(C)[C@@H](Cc2ccccc2)C(=O)O)CC[C@@]1(C)c1cccc(O)c1. The molecule has 1 aliphatic heterocycles. The summed E-state index contributed by atoms with van der Waals surface area (Å²) in [4.78, 5) is 28.3. The molecule has 172 valence electrons. The van der Waals surface area contributed by atoms with Crippen LogP contribution < -0.4 is 0 Å². The van der Waals surface area contributed by atoms with E-state index >= 15 is 0 Å². The van der Waals surface area contributed by atoms with Crippen LogP contribution in [0.4, 0.5) is 0 Å². The summed E-state index contributed by atoms with van der Waals surface area (Å²) in [6.45, 7) is 6.78. The molecule has 2 aromatic carbocycles. The van der Waals surface area contributed by atoms with Crippen molar-refractivity contribution in [3.8, 4) is 5.75 Å². The fraction of sp³-hybridized carbons (Fsp3) is 0.462. The number of carbonyl (C=O) groups excluding carboxylic acids is 1. The van der Waals surface area contributed by atoms with Crippen molar-refractivity contribution in [1.29, 1.82) is 0 Å². The molecule has 6 heteroatoms. The second-order valence-electron chi connectivity index (χ2n) is 9.22. The first-order valence-corrected chi connectivity index (χ1v) is 11.2. The summed E-state index contributed by atoms with van der Waals surface area (Å²) < 4.78 is 0. The maximum atomic E-state index is 12.8. The molecular weight excluding hydrogens is 404 g/mol. The highest BCUT2D eigenvalue weighted by molar-refractivity contribution is 5.83. The number of benzene rings is 2. The molecule has 0 saturated carbocycles. The van der Waals surface area contributed by atoms with Crippen molar-refractivity contribution >= 4 is 11.9 Å². The molecule has 0 aromatic heterocycles. The molecule has 1 saturated heterocycles. The molecule has 1 amide bonds. The number of likely N-dealkylation sites (N-methyl/N-ethyl adjacent to an activating group) is 1. The lowest BCUT2D eigenvalue weighted by molar-refractivity contribution is -0.149. The van der Waals surface area contributed by atoms with Crippen LogP contribution in [0, 0.1) is 5.92 Å². The maximum Gasteiger partial charge on any atom is 0.326 e. The molecule has 2 aromatic rings. The average Bonchev–Trinajstić information content (AvgIpc) is 2.78. The molecular formula is C26H34N2O4. The molecule has 1 heterocycles. The van der Waals surface area contributed by atoms with Crippen LogP contribution in [0.2, 0.25) is 0 Å². The Morgan fingerprint density at radius 2 is 1.91 bits per heavy atom. The zero-order chi connectivity index (χ0) is 23.3. The van der Waals surface area contributed by atoms with Crippen LogP contribution in [0.25, 0.3) is 0 Å². The van der Waals surface area contributed by atoms with E-state index < -0.39 is 12.0 Å². The zero-order valence-electron chi connectivity index (χ0n) is 19.2.